The predicted octanol–water partition coefficient (Wildman–Crippen LogP) is -0.448. The minimum Gasteiger partial charge on any atom is -0.395 e. The van der Waals surface area contributed by atoms with E-state index in [2.05, 4.69) is 5.32 Å². The molecule has 7 nitrogen and oxygen atoms in total. The summed E-state index contributed by atoms with van der Waals surface area (Å²) < 4.78 is 22.8. The van der Waals surface area contributed by atoms with Gasteiger partial charge in [-0.05, 0) is 24.6 Å². The first kappa shape index (κ1) is 18.5. The van der Waals surface area contributed by atoms with Gasteiger partial charge in [-0.2, -0.15) is 5.26 Å². The predicted molar refractivity (Wildman–Crippen MR) is 79.3 cm³/mol. The average molecular weight is 328 g/mol. The van der Waals surface area contributed by atoms with Gasteiger partial charge in [-0.15, -0.1) is 0 Å². The van der Waals surface area contributed by atoms with Crippen molar-refractivity contribution in [1.29, 1.82) is 5.26 Å². The molecule has 0 aliphatic rings. The number of nitriles is 1. The topological polar surface area (TPSA) is 131 Å². The fourth-order valence-corrected chi connectivity index (χ4v) is 2.45. The number of hydrogen-bond acceptors (Lipinski definition) is 7. The summed E-state index contributed by atoms with van der Waals surface area (Å²) in [4.78, 5) is 0.120. The molecule has 0 spiro atoms. The summed E-state index contributed by atoms with van der Waals surface area (Å²) in [6.45, 7) is 1.03. The fourth-order valence-electron chi connectivity index (χ4n) is 1.82. The molecule has 0 saturated carbocycles. The molecule has 0 aliphatic heterocycles. The molecule has 0 saturated heterocycles. The van der Waals surface area contributed by atoms with E-state index < -0.39 is 40.7 Å². The number of aliphatic hydroxyl groups excluding tert-OH is 3. The second-order valence-electron chi connectivity index (χ2n) is 5.10. The molecule has 122 valence electrons. The minimum atomic E-state index is -3.33. The van der Waals surface area contributed by atoms with Crippen molar-refractivity contribution in [3.8, 4) is 6.07 Å². The molecule has 1 aromatic rings. The molecule has 0 aromatic heterocycles. The number of hydrogen-bond donors (Lipinski definition) is 4. The molecule has 4 N–H and O–H groups in total. The molecule has 0 heterocycles. The van der Waals surface area contributed by atoms with Crippen molar-refractivity contribution in [3.05, 3.63) is 29.8 Å². The summed E-state index contributed by atoms with van der Waals surface area (Å²) in [6, 6.07) is 6.55. The number of rotatable bonds is 7. The quantitative estimate of drug-likeness (QED) is 0.499. The number of benzene rings is 1. The van der Waals surface area contributed by atoms with E-state index in [1.807, 2.05) is 6.07 Å². The van der Waals surface area contributed by atoms with Crippen molar-refractivity contribution in [2.75, 3.05) is 12.9 Å². The van der Waals surface area contributed by atoms with Gasteiger partial charge in [-0.1, -0.05) is 12.1 Å². The van der Waals surface area contributed by atoms with E-state index in [4.69, 9.17) is 5.26 Å². The summed E-state index contributed by atoms with van der Waals surface area (Å²) in [5.41, 5.74) is 0.385. The van der Waals surface area contributed by atoms with E-state index in [1.54, 1.807) is 0 Å². The summed E-state index contributed by atoms with van der Waals surface area (Å²) in [5, 5.41) is 40.6. The Morgan fingerprint density at radius 3 is 2.23 bits per heavy atom. The number of aliphatic hydroxyl groups is 3. The van der Waals surface area contributed by atoms with Gasteiger partial charge in [-0.25, -0.2) is 8.42 Å². The zero-order chi connectivity index (χ0) is 16.9. The van der Waals surface area contributed by atoms with Gasteiger partial charge in [0.05, 0.1) is 35.6 Å². The van der Waals surface area contributed by atoms with Crippen molar-refractivity contribution < 1.29 is 23.7 Å². The van der Waals surface area contributed by atoms with E-state index >= 15 is 0 Å². The molecule has 0 bridgehead atoms. The maximum atomic E-state index is 11.4. The third kappa shape index (κ3) is 4.76. The first-order valence-electron chi connectivity index (χ1n) is 6.63. The standard InChI is InChI=1S/C14H20N2O5S/c1-9(7-15)14(19)16-12(8-17)13(18)10-3-5-11(6-4-10)22(2,20)21/h3-6,9,12-14,16-19H,8H2,1-2H3/t9?,12-,13-,14-/m1/s1. The largest absolute Gasteiger partial charge is 0.395 e. The molecular formula is C14H20N2O5S. The Labute approximate surface area is 129 Å². The Bertz CT molecular complexity index is 624. The summed E-state index contributed by atoms with van der Waals surface area (Å²) in [7, 11) is -3.33. The van der Waals surface area contributed by atoms with Crippen LogP contribution in [0, 0.1) is 17.2 Å². The molecule has 0 fully saturated rings. The molecule has 4 atom stereocenters. The van der Waals surface area contributed by atoms with E-state index in [0.717, 1.165) is 6.26 Å². The van der Waals surface area contributed by atoms with Crippen molar-refractivity contribution in [3.63, 3.8) is 0 Å². The van der Waals surface area contributed by atoms with Crippen LogP contribution in [0.5, 0.6) is 0 Å². The smallest absolute Gasteiger partial charge is 0.175 e. The van der Waals surface area contributed by atoms with Gasteiger partial charge in [0.25, 0.3) is 0 Å². The summed E-state index contributed by atoms with van der Waals surface area (Å²) in [6.07, 6.45) is -1.29. The maximum Gasteiger partial charge on any atom is 0.175 e. The third-order valence-corrected chi connectivity index (χ3v) is 4.42. The Balaban J connectivity index is 2.88. The number of nitrogens with one attached hydrogen (secondary N) is 1. The average Bonchev–Trinajstić information content (AvgIpc) is 2.50. The van der Waals surface area contributed by atoms with Gasteiger partial charge in [0.1, 0.15) is 6.23 Å². The lowest BCUT2D eigenvalue weighted by Crippen LogP contribution is -2.46. The van der Waals surface area contributed by atoms with Crippen LogP contribution in [0.2, 0.25) is 0 Å². The fraction of sp³-hybridized carbons (Fsp3) is 0.500. The Morgan fingerprint density at radius 2 is 1.82 bits per heavy atom. The second kappa shape index (κ2) is 7.67. The highest BCUT2D eigenvalue weighted by Gasteiger charge is 2.25. The van der Waals surface area contributed by atoms with Gasteiger partial charge >= 0.3 is 0 Å². The van der Waals surface area contributed by atoms with Crippen LogP contribution < -0.4 is 5.32 Å². The van der Waals surface area contributed by atoms with Gasteiger partial charge in [-0.3, -0.25) is 5.32 Å². The lowest BCUT2D eigenvalue weighted by molar-refractivity contribution is 0.0271. The Hall–Kier alpha value is -1.50. The van der Waals surface area contributed by atoms with Gasteiger partial charge < -0.3 is 15.3 Å². The van der Waals surface area contributed by atoms with E-state index in [1.165, 1.54) is 31.2 Å². The molecule has 0 radical (unpaired) electrons. The van der Waals surface area contributed by atoms with Crippen LogP contribution in [0.25, 0.3) is 0 Å². The molecule has 1 unspecified atom stereocenters. The van der Waals surface area contributed by atoms with Crippen LogP contribution in [0.1, 0.15) is 18.6 Å². The maximum absolute atomic E-state index is 11.4. The Morgan fingerprint density at radius 1 is 1.27 bits per heavy atom. The van der Waals surface area contributed by atoms with Gasteiger partial charge in [0.15, 0.2) is 9.84 Å². The highest BCUT2D eigenvalue weighted by Crippen LogP contribution is 2.20. The third-order valence-electron chi connectivity index (χ3n) is 3.29. The SMILES string of the molecule is CC(C#N)[C@@H](O)N[C@H](CO)[C@H](O)c1ccc(S(C)(=O)=O)cc1. The zero-order valence-corrected chi connectivity index (χ0v) is 13.2. The highest BCUT2D eigenvalue weighted by molar-refractivity contribution is 7.90. The highest BCUT2D eigenvalue weighted by atomic mass is 32.2. The molecule has 1 aromatic carbocycles. The normalized spacial score (nSPS) is 17.3. The van der Waals surface area contributed by atoms with E-state index in [0.29, 0.717) is 5.56 Å². The summed E-state index contributed by atoms with van der Waals surface area (Å²) >= 11 is 0. The van der Waals surface area contributed by atoms with Crippen molar-refractivity contribution in [2.24, 2.45) is 5.92 Å². The van der Waals surface area contributed by atoms with Crippen LogP contribution >= 0.6 is 0 Å². The van der Waals surface area contributed by atoms with E-state index in [9.17, 15) is 23.7 Å². The van der Waals surface area contributed by atoms with Gasteiger partial charge in [0.2, 0.25) is 0 Å². The molecular weight excluding hydrogens is 308 g/mol. The van der Waals surface area contributed by atoms with Crippen LogP contribution in [-0.2, 0) is 9.84 Å². The lowest BCUT2D eigenvalue weighted by atomic mass is 10.0. The van der Waals surface area contributed by atoms with Gasteiger partial charge in [0, 0.05) is 6.26 Å². The van der Waals surface area contributed by atoms with Crippen molar-refractivity contribution in [1.82, 2.24) is 5.32 Å². The van der Waals surface area contributed by atoms with Crippen molar-refractivity contribution >= 4 is 9.84 Å². The minimum absolute atomic E-state index is 0.120. The van der Waals surface area contributed by atoms with Crippen LogP contribution in [0.4, 0.5) is 0 Å². The molecule has 0 aliphatic carbocycles. The van der Waals surface area contributed by atoms with Crippen LogP contribution in [0.3, 0.4) is 0 Å². The Kier molecular flexibility index (Phi) is 6.47. The number of sulfone groups is 1. The zero-order valence-electron chi connectivity index (χ0n) is 12.3. The molecule has 1 rings (SSSR count). The van der Waals surface area contributed by atoms with Crippen LogP contribution in [0.15, 0.2) is 29.2 Å². The monoisotopic (exact) mass is 328 g/mol. The van der Waals surface area contributed by atoms with Crippen LogP contribution in [-0.4, -0.2) is 48.9 Å². The summed E-state index contributed by atoms with van der Waals surface area (Å²) in [5.74, 6) is -0.714. The number of nitrogens with zero attached hydrogens (tertiary/aromatic N) is 1. The second-order valence-corrected chi connectivity index (χ2v) is 7.12. The molecule has 0 amide bonds. The molecule has 8 heteroatoms. The lowest BCUT2D eigenvalue weighted by Gasteiger charge is -2.26. The van der Waals surface area contributed by atoms with Crippen molar-refractivity contribution in [2.45, 2.75) is 30.2 Å². The molecule has 22 heavy (non-hydrogen) atoms. The first-order chi connectivity index (χ1) is 10.2. The first-order valence-corrected chi connectivity index (χ1v) is 8.52. The van der Waals surface area contributed by atoms with E-state index in [-0.39, 0.29) is 4.90 Å².